The third-order valence-electron chi connectivity index (χ3n) is 4.14. The van der Waals surface area contributed by atoms with Gasteiger partial charge >= 0.3 is 0 Å². The lowest BCUT2D eigenvalue weighted by molar-refractivity contribution is 0.203. The molecule has 0 N–H and O–H groups in total. The average molecular weight is 323 g/mol. The van der Waals surface area contributed by atoms with Crippen molar-refractivity contribution >= 4 is 5.76 Å². The molecular weight excluding hydrogens is 298 g/mol. The summed E-state index contributed by atoms with van der Waals surface area (Å²) in [5, 5.41) is 0. The topological polar surface area (TPSA) is 21.7 Å². The van der Waals surface area contributed by atoms with Crippen molar-refractivity contribution in [3.63, 3.8) is 0 Å². The summed E-state index contributed by atoms with van der Waals surface area (Å²) in [6.45, 7) is 5.56. The number of nitrogens with zero attached hydrogens (tertiary/aromatic N) is 1. The van der Waals surface area contributed by atoms with Crippen molar-refractivity contribution in [1.82, 2.24) is 4.90 Å². The summed E-state index contributed by atoms with van der Waals surface area (Å²) in [5.41, 5.74) is 4.62. The normalized spacial score (nSPS) is 16.8. The Hall–Kier alpha value is -2.26. The Balaban J connectivity index is 2.13. The first-order chi connectivity index (χ1) is 11.6. The van der Waals surface area contributed by atoms with Gasteiger partial charge in [-0.2, -0.15) is 0 Å². The molecule has 3 heteroatoms. The van der Waals surface area contributed by atoms with Gasteiger partial charge in [-0.15, -0.1) is 0 Å². The second-order valence-electron chi connectivity index (χ2n) is 6.43. The zero-order valence-electron chi connectivity index (χ0n) is 14.9. The summed E-state index contributed by atoms with van der Waals surface area (Å²) in [6, 6.07) is 16.7. The smallest absolute Gasteiger partial charge is 0.150 e. The van der Waals surface area contributed by atoms with Crippen LogP contribution in [-0.2, 0) is 4.74 Å². The van der Waals surface area contributed by atoms with Crippen molar-refractivity contribution in [3.8, 4) is 5.75 Å². The van der Waals surface area contributed by atoms with E-state index in [1.54, 1.807) is 0 Å². The van der Waals surface area contributed by atoms with Gasteiger partial charge in [0.15, 0.2) is 6.10 Å². The summed E-state index contributed by atoms with van der Waals surface area (Å²) in [5.74, 6) is 1.84. The second-order valence-corrected chi connectivity index (χ2v) is 6.43. The van der Waals surface area contributed by atoms with Gasteiger partial charge in [0.2, 0.25) is 0 Å². The van der Waals surface area contributed by atoms with Gasteiger partial charge in [-0.3, -0.25) is 0 Å². The van der Waals surface area contributed by atoms with E-state index in [1.807, 2.05) is 25.1 Å². The molecule has 1 aliphatic rings. The zero-order chi connectivity index (χ0) is 17.1. The van der Waals surface area contributed by atoms with Crippen LogP contribution in [0.5, 0.6) is 5.75 Å². The Morgan fingerprint density at radius 3 is 2.42 bits per heavy atom. The molecule has 1 atom stereocenters. The van der Waals surface area contributed by atoms with Gasteiger partial charge in [0.05, 0.1) is 12.2 Å². The van der Waals surface area contributed by atoms with Crippen molar-refractivity contribution < 1.29 is 9.47 Å². The van der Waals surface area contributed by atoms with Gasteiger partial charge in [-0.1, -0.05) is 42.0 Å². The van der Waals surface area contributed by atoms with Crippen molar-refractivity contribution in [2.24, 2.45) is 0 Å². The molecule has 24 heavy (non-hydrogen) atoms. The Morgan fingerprint density at radius 1 is 1.04 bits per heavy atom. The van der Waals surface area contributed by atoms with Crippen LogP contribution in [-0.4, -0.2) is 32.1 Å². The zero-order valence-corrected chi connectivity index (χ0v) is 14.9. The fourth-order valence-electron chi connectivity index (χ4n) is 3.07. The number of para-hydroxylation sites is 1. The fraction of sp³-hybridized carbons (Fsp3) is 0.333. The van der Waals surface area contributed by atoms with Crippen LogP contribution in [0, 0.1) is 6.92 Å². The lowest BCUT2D eigenvalue weighted by Gasteiger charge is -2.32. The molecule has 0 bridgehead atoms. The van der Waals surface area contributed by atoms with Crippen LogP contribution in [0.4, 0.5) is 0 Å². The van der Waals surface area contributed by atoms with E-state index in [-0.39, 0.29) is 6.10 Å². The summed E-state index contributed by atoms with van der Waals surface area (Å²) < 4.78 is 12.5. The maximum atomic E-state index is 6.38. The molecule has 0 saturated heterocycles. The molecule has 126 valence electrons. The maximum Gasteiger partial charge on any atom is 0.150 e. The third kappa shape index (κ3) is 3.31. The minimum atomic E-state index is -0.121. The Kier molecular flexibility index (Phi) is 4.91. The molecule has 0 amide bonds. The summed E-state index contributed by atoms with van der Waals surface area (Å²) in [7, 11) is 4.15. The second kappa shape index (κ2) is 7.10. The van der Waals surface area contributed by atoms with Crippen LogP contribution >= 0.6 is 0 Å². The van der Waals surface area contributed by atoms with Gasteiger partial charge in [0.25, 0.3) is 0 Å². The van der Waals surface area contributed by atoms with Crippen LogP contribution in [0.3, 0.4) is 0 Å². The van der Waals surface area contributed by atoms with E-state index in [0.29, 0.717) is 6.61 Å². The summed E-state index contributed by atoms with van der Waals surface area (Å²) in [6.07, 6.45) is -0.121. The molecule has 2 aromatic rings. The first-order valence-electron chi connectivity index (χ1n) is 8.43. The van der Waals surface area contributed by atoms with Crippen molar-refractivity contribution in [3.05, 3.63) is 70.8 Å². The number of hydrogen-bond acceptors (Lipinski definition) is 3. The van der Waals surface area contributed by atoms with Crippen LogP contribution < -0.4 is 4.74 Å². The van der Waals surface area contributed by atoms with E-state index in [1.165, 1.54) is 11.1 Å². The molecular formula is C21H25NO2. The first-order valence-corrected chi connectivity index (χ1v) is 8.43. The SMILES string of the molecule is CCOC1=C(CN(C)C)C(c2ccc(C)cc2)Oc2ccccc21. The molecule has 3 rings (SSSR count). The maximum absolute atomic E-state index is 6.38. The highest BCUT2D eigenvalue weighted by atomic mass is 16.5. The van der Waals surface area contributed by atoms with E-state index in [9.17, 15) is 0 Å². The molecule has 0 saturated carbocycles. The lowest BCUT2D eigenvalue weighted by Crippen LogP contribution is -2.26. The Bertz CT molecular complexity index is 732. The molecule has 3 nitrogen and oxygen atoms in total. The van der Waals surface area contributed by atoms with E-state index >= 15 is 0 Å². The third-order valence-corrected chi connectivity index (χ3v) is 4.14. The number of benzene rings is 2. The molecule has 0 fully saturated rings. The van der Waals surface area contributed by atoms with Gasteiger partial charge in [0, 0.05) is 12.1 Å². The molecule has 2 aromatic carbocycles. The average Bonchev–Trinajstić information content (AvgIpc) is 2.57. The molecule has 0 radical (unpaired) electrons. The summed E-state index contributed by atoms with van der Waals surface area (Å²) in [4.78, 5) is 2.16. The van der Waals surface area contributed by atoms with Crippen molar-refractivity contribution in [2.75, 3.05) is 27.2 Å². The van der Waals surface area contributed by atoms with Gasteiger partial charge < -0.3 is 14.4 Å². The van der Waals surface area contributed by atoms with E-state index < -0.39 is 0 Å². The van der Waals surface area contributed by atoms with Gasteiger partial charge in [-0.05, 0) is 45.6 Å². The van der Waals surface area contributed by atoms with Gasteiger partial charge in [0.1, 0.15) is 11.5 Å². The first kappa shape index (κ1) is 16.6. The number of likely N-dealkylation sites (N-methyl/N-ethyl adjacent to an activating group) is 1. The quantitative estimate of drug-likeness (QED) is 0.812. The van der Waals surface area contributed by atoms with E-state index in [0.717, 1.165) is 29.2 Å². The van der Waals surface area contributed by atoms with Crippen LogP contribution in [0.1, 0.15) is 29.7 Å². The monoisotopic (exact) mass is 323 g/mol. The van der Waals surface area contributed by atoms with Crippen molar-refractivity contribution in [2.45, 2.75) is 20.0 Å². The van der Waals surface area contributed by atoms with Crippen molar-refractivity contribution in [1.29, 1.82) is 0 Å². The van der Waals surface area contributed by atoms with Gasteiger partial charge in [-0.25, -0.2) is 0 Å². The van der Waals surface area contributed by atoms with Crippen LogP contribution in [0.2, 0.25) is 0 Å². The number of rotatable bonds is 5. The van der Waals surface area contributed by atoms with E-state index in [2.05, 4.69) is 56.3 Å². The minimum absolute atomic E-state index is 0.121. The highest BCUT2D eigenvalue weighted by molar-refractivity contribution is 5.72. The number of aryl methyl sites for hydroxylation is 1. The largest absolute Gasteiger partial charge is 0.493 e. The molecule has 0 aliphatic carbocycles. The van der Waals surface area contributed by atoms with Crippen LogP contribution in [0.15, 0.2) is 54.1 Å². The molecule has 0 spiro atoms. The Labute approximate surface area is 144 Å². The van der Waals surface area contributed by atoms with Crippen LogP contribution in [0.25, 0.3) is 5.76 Å². The summed E-state index contributed by atoms with van der Waals surface area (Å²) >= 11 is 0. The highest BCUT2D eigenvalue weighted by Crippen LogP contribution is 2.42. The predicted molar refractivity (Wildman–Crippen MR) is 98.1 cm³/mol. The number of ether oxygens (including phenoxy) is 2. The van der Waals surface area contributed by atoms with E-state index in [4.69, 9.17) is 9.47 Å². The number of fused-ring (bicyclic) bond motifs is 1. The lowest BCUT2D eigenvalue weighted by atomic mass is 9.93. The molecule has 1 heterocycles. The minimum Gasteiger partial charge on any atom is -0.493 e. The fourth-order valence-corrected chi connectivity index (χ4v) is 3.07. The predicted octanol–water partition coefficient (Wildman–Crippen LogP) is 4.44. The Morgan fingerprint density at radius 2 is 1.75 bits per heavy atom. The standard InChI is InChI=1S/C21H25NO2/c1-5-23-21-17-8-6-7-9-19(17)24-20(18(21)14-22(3)4)16-12-10-15(2)11-13-16/h6-13,20H,5,14H2,1-4H3. The molecule has 1 unspecified atom stereocenters. The molecule has 0 aromatic heterocycles. The highest BCUT2D eigenvalue weighted by Gasteiger charge is 2.31. The molecule has 1 aliphatic heterocycles. The number of hydrogen-bond donors (Lipinski definition) is 0.